The largest absolute Gasteiger partial charge is 0.441 e. The van der Waals surface area contributed by atoms with E-state index in [1.807, 2.05) is 6.07 Å². The van der Waals surface area contributed by atoms with Gasteiger partial charge in [-0.2, -0.15) is 0 Å². The lowest BCUT2D eigenvalue weighted by molar-refractivity contribution is 0.238. The summed E-state index contributed by atoms with van der Waals surface area (Å²) in [5.74, 6) is 1.88. The number of para-hydroxylation sites is 1. The summed E-state index contributed by atoms with van der Waals surface area (Å²) >= 11 is 0. The number of hydrogen-bond donors (Lipinski definition) is 1. The Hall–Kier alpha value is -2.30. The van der Waals surface area contributed by atoms with Crippen LogP contribution in [0.4, 0.5) is 0 Å². The SMILES string of the molecule is Cc1cccc(Oc2c(CCCN3CCNCC3)c3ccccc3n2C)c1. The summed E-state index contributed by atoms with van der Waals surface area (Å²) < 4.78 is 8.58. The van der Waals surface area contributed by atoms with Gasteiger partial charge in [0.2, 0.25) is 5.88 Å². The van der Waals surface area contributed by atoms with E-state index < -0.39 is 0 Å². The van der Waals surface area contributed by atoms with Gasteiger partial charge in [0, 0.05) is 44.2 Å². The lowest BCUT2D eigenvalue weighted by Crippen LogP contribution is -2.43. The lowest BCUT2D eigenvalue weighted by Gasteiger charge is -2.27. The van der Waals surface area contributed by atoms with E-state index in [0.717, 1.165) is 57.2 Å². The van der Waals surface area contributed by atoms with Crippen molar-refractivity contribution in [3.63, 3.8) is 0 Å². The molecule has 27 heavy (non-hydrogen) atoms. The summed E-state index contributed by atoms with van der Waals surface area (Å²) in [5.41, 5.74) is 3.77. The first-order valence-electron chi connectivity index (χ1n) is 9.96. The third-order valence-corrected chi connectivity index (χ3v) is 5.47. The quantitative estimate of drug-likeness (QED) is 0.714. The standard InChI is InChI=1S/C23H29N3O/c1-18-7-5-8-19(17-18)27-23-21(10-6-14-26-15-12-24-13-16-26)20-9-3-4-11-22(20)25(23)2/h3-5,7-9,11,17,24H,6,10,12-16H2,1-2H3. The zero-order chi connectivity index (χ0) is 18.6. The van der Waals surface area contributed by atoms with E-state index in [-0.39, 0.29) is 0 Å². The maximum absolute atomic E-state index is 6.39. The van der Waals surface area contributed by atoms with Crippen molar-refractivity contribution in [3.05, 3.63) is 59.7 Å². The third kappa shape index (κ3) is 4.02. The van der Waals surface area contributed by atoms with Crippen LogP contribution in [0.3, 0.4) is 0 Å². The number of rotatable bonds is 6. The molecule has 3 aromatic rings. The highest BCUT2D eigenvalue weighted by atomic mass is 16.5. The number of aryl methyl sites for hydroxylation is 3. The van der Waals surface area contributed by atoms with Gasteiger partial charge in [-0.25, -0.2) is 0 Å². The summed E-state index contributed by atoms with van der Waals surface area (Å²) in [6, 6.07) is 16.9. The number of benzene rings is 2. The molecule has 2 aromatic carbocycles. The van der Waals surface area contributed by atoms with Gasteiger partial charge < -0.3 is 19.5 Å². The Kier molecular flexibility index (Phi) is 5.46. The molecule has 1 saturated heterocycles. The van der Waals surface area contributed by atoms with Crippen molar-refractivity contribution in [2.75, 3.05) is 32.7 Å². The minimum absolute atomic E-state index is 0.907. The van der Waals surface area contributed by atoms with Crippen LogP contribution in [-0.2, 0) is 13.5 Å². The highest BCUT2D eigenvalue weighted by Gasteiger charge is 2.17. The molecule has 0 amide bonds. The van der Waals surface area contributed by atoms with Crippen LogP contribution in [0.25, 0.3) is 10.9 Å². The molecule has 0 aliphatic carbocycles. The Morgan fingerprint density at radius 3 is 2.67 bits per heavy atom. The zero-order valence-corrected chi connectivity index (χ0v) is 16.4. The summed E-state index contributed by atoms with van der Waals surface area (Å²) in [5, 5.41) is 4.73. The zero-order valence-electron chi connectivity index (χ0n) is 16.4. The van der Waals surface area contributed by atoms with E-state index in [4.69, 9.17) is 4.74 Å². The number of fused-ring (bicyclic) bond motifs is 1. The highest BCUT2D eigenvalue weighted by molar-refractivity contribution is 5.87. The van der Waals surface area contributed by atoms with Gasteiger partial charge in [0.05, 0.1) is 5.52 Å². The van der Waals surface area contributed by atoms with Gasteiger partial charge in [-0.3, -0.25) is 0 Å². The van der Waals surface area contributed by atoms with Crippen LogP contribution in [-0.4, -0.2) is 42.2 Å². The van der Waals surface area contributed by atoms with Crippen LogP contribution in [0.2, 0.25) is 0 Å². The molecule has 0 radical (unpaired) electrons. The summed E-state index contributed by atoms with van der Waals surface area (Å²) in [7, 11) is 2.10. The van der Waals surface area contributed by atoms with Crippen molar-refractivity contribution in [2.45, 2.75) is 19.8 Å². The first kappa shape index (κ1) is 18.1. The average Bonchev–Trinajstić information content (AvgIpc) is 2.95. The van der Waals surface area contributed by atoms with Gasteiger partial charge in [-0.1, -0.05) is 30.3 Å². The average molecular weight is 364 g/mol. The number of hydrogen-bond acceptors (Lipinski definition) is 3. The van der Waals surface area contributed by atoms with Crippen LogP contribution in [0.1, 0.15) is 17.5 Å². The second-order valence-corrected chi connectivity index (χ2v) is 7.47. The van der Waals surface area contributed by atoms with E-state index in [1.165, 1.54) is 22.0 Å². The maximum Gasteiger partial charge on any atom is 0.204 e. The predicted octanol–water partition coefficient (Wildman–Crippen LogP) is 4.12. The Morgan fingerprint density at radius 1 is 1.04 bits per heavy atom. The summed E-state index contributed by atoms with van der Waals surface area (Å²) in [6.07, 6.45) is 2.19. The van der Waals surface area contributed by atoms with Crippen LogP contribution in [0.5, 0.6) is 11.6 Å². The summed E-state index contributed by atoms with van der Waals surface area (Å²) in [4.78, 5) is 2.56. The van der Waals surface area contributed by atoms with E-state index in [9.17, 15) is 0 Å². The Bertz CT molecular complexity index is 909. The van der Waals surface area contributed by atoms with Crippen molar-refractivity contribution in [3.8, 4) is 11.6 Å². The molecule has 1 fully saturated rings. The van der Waals surface area contributed by atoms with Gasteiger partial charge in [0.25, 0.3) is 0 Å². The van der Waals surface area contributed by atoms with Gasteiger partial charge in [0.15, 0.2) is 0 Å². The molecule has 1 aliphatic rings. The van der Waals surface area contributed by atoms with E-state index in [2.05, 4.69) is 71.2 Å². The van der Waals surface area contributed by atoms with Crippen LogP contribution in [0, 0.1) is 6.92 Å². The Labute approximate surface area is 161 Å². The van der Waals surface area contributed by atoms with Crippen molar-refractivity contribution in [1.29, 1.82) is 0 Å². The van der Waals surface area contributed by atoms with Gasteiger partial charge in [-0.15, -0.1) is 0 Å². The molecular formula is C23H29N3O. The Morgan fingerprint density at radius 2 is 1.85 bits per heavy atom. The van der Waals surface area contributed by atoms with Crippen molar-refractivity contribution in [2.24, 2.45) is 7.05 Å². The molecular weight excluding hydrogens is 334 g/mol. The minimum atomic E-state index is 0.907. The number of nitrogens with one attached hydrogen (secondary N) is 1. The molecule has 1 aromatic heterocycles. The molecule has 4 nitrogen and oxygen atoms in total. The second kappa shape index (κ2) is 8.15. The summed E-state index contributed by atoms with van der Waals surface area (Å²) in [6.45, 7) is 7.77. The molecule has 0 bridgehead atoms. The minimum Gasteiger partial charge on any atom is -0.441 e. The van der Waals surface area contributed by atoms with Crippen LogP contribution < -0.4 is 10.1 Å². The fraction of sp³-hybridized carbons (Fsp3) is 0.391. The number of aromatic nitrogens is 1. The van der Waals surface area contributed by atoms with Gasteiger partial charge in [0.1, 0.15) is 5.75 Å². The first-order chi connectivity index (χ1) is 13.2. The van der Waals surface area contributed by atoms with Crippen molar-refractivity contribution < 1.29 is 4.74 Å². The third-order valence-electron chi connectivity index (χ3n) is 5.47. The fourth-order valence-electron chi connectivity index (χ4n) is 4.02. The normalized spacial score (nSPS) is 15.3. The van der Waals surface area contributed by atoms with Crippen molar-refractivity contribution in [1.82, 2.24) is 14.8 Å². The highest BCUT2D eigenvalue weighted by Crippen LogP contribution is 2.35. The molecule has 142 valence electrons. The topological polar surface area (TPSA) is 29.4 Å². The molecule has 0 spiro atoms. The van der Waals surface area contributed by atoms with Gasteiger partial charge in [-0.05, 0) is 50.1 Å². The maximum atomic E-state index is 6.39. The van der Waals surface area contributed by atoms with E-state index >= 15 is 0 Å². The molecule has 0 atom stereocenters. The smallest absolute Gasteiger partial charge is 0.204 e. The Balaban J connectivity index is 1.59. The van der Waals surface area contributed by atoms with E-state index in [1.54, 1.807) is 0 Å². The van der Waals surface area contributed by atoms with Crippen LogP contribution in [0.15, 0.2) is 48.5 Å². The number of ether oxygens (including phenoxy) is 1. The second-order valence-electron chi connectivity index (χ2n) is 7.47. The fourth-order valence-corrected chi connectivity index (χ4v) is 4.02. The molecule has 4 heteroatoms. The van der Waals surface area contributed by atoms with Gasteiger partial charge >= 0.3 is 0 Å². The van der Waals surface area contributed by atoms with Crippen molar-refractivity contribution >= 4 is 10.9 Å². The molecule has 2 heterocycles. The first-order valence-corrected chi connectivity index (χ1v) is 9.96. The molecule has 4 rings (SSSR count). The molecule has 1 aliphatic heterocycles. The van der Waals surface area contributed by atoms with E-state index in [0.29, 0.717) is 0 Å². The predicted molar refractivity (Wildman–Crippen MR) is 112 cm³/mol. The molecule has 0 unspecified atom stereocenters. The number of piperazine rings is 1. The van der Waals surface area contributed by atoms with Crippen LogP contribution >= 0.6 is 0 Å². The lowest BCUT2D eigenvalue weighted by atomic mass is 10.1. The molecule has 1 N–H and O–H groups in total. The number of nitrogens with zero attached hydrogens (tertiary/aromatic N) is 2. The monoisotopic (exact) mass is 363 g/mol. The molecule has 0 saturated carbocycles.